The highest BCUT2D eigenvalue weighted by atomic mass is 15.5. The third-order valence-electron chi connectivity index (χ3n) is 2.24. The van der Waals surface area contributed by atoms with Gasteiger partial charge in [-0.25, -0.2) is 0 Å². The van der Waals surface area contributed by atoms with Gasteiger partial charge < -0.3 is 0 Å². The van der Waals surface area contributed by atoms with Crippen molar-refractivity contribution < 1.29 is 0 Å². The van der Waals surface area contributed by atoms with E-state index in [1.807, 2.05) is 12.1 Å². The van der Waals surface area contributed by atoms with Crippen LogP contribution in [0.25, 0.3) is 0 Å². The molecule has 1 aliphatic heterocycles. The molecule has 0 saturated carbocycles. The van der Waals surface area contributed by atoms with Crippen LogP contribution in [0, 0.1) is 0 Å². The number of hydrogen-bond donors (Lipinski definition) is 1. The van der Waals surface area contributed by atoms with Crippen molar-refractivity contribution in [3.8, 4) is 0 Å². The maximum absolute atomic E-state index is 4.07. The molecule has 0 atom stereocenters. The molecule has 0 aliphatic carbocycles. The molecule has 1 aromatic carbocycles. The Morgan fingerprint density at radius 2 is 2.38 bits per heavy atom. The van der Waals surface area contributed by atoms with Crippen molar-refractivity contribution in [2.45, 2.75) is 26.2 Å². The Hall–Kier alpha value is -1.38. The predicted octanol–water partition coefficient (Wildman–Crippen LogP) is 2.79. The van der Waals surface area contributed by atoms with Crippen LogP contribution in [0.4, 0.5) is 11.4 Å². The molecule has 0 amide bonds. The Bertz CT molecular complexity index is 331. The molecule has 1 heterocycles. The average Bonchev–Trinajstić information content (AvgIpc) is 2.62. The monoisotopic (exact) mass is 175 g/mol. The fraction of sp³-hybridized carbons (Fsp3) is 0.400. The van der Waals surface area contributed by atoms with Gasteiger partial charge in [0.05, 0.1) is 0 Å². The van der Waals surface area contributed by atoms with Crippen molar-refractivity contribution in [2.75, 3.05) is 5.43 Å². The minimum Gasteiger partial charge on any atom is -0.0687 e. The summed E-state index contributed by atoms with van der Waals surface area (Å²) in [5.41, 5.74) is 6.23. The highest BCUT2D eigenvalue weighted by Gasteiger charge is 2.19. The molecule has 0 unspecified atom stereocenters. The molecule has 0 bridgehead atoms. The molecule has 13 heavy (non-hydrogen) atoms. The number of nitrogens with zero attached hydrogens (tertiary/aromatic N) is 2. The first-order valence-electron chi connectivity index (χ1n) is 4.70. The summed E-state index contributed by atoms with van der Waals surface area (Å²) in [6.07, 6.45) is 3.53. The summed E-state index contributed by atoms with van der Waals surface area (Å²) in [5, 5.41) is 7.86. The lowest BCUT2D eigenvalue weighted by Gasteiger charge is -2.00. The van der Waals surface area contributed by atoms with Gasteiger partial charge in [0.25, 0.3) is 0 Å². The van der Waals surface area contributed by atoms with E-state index in [0.717, 1.165) is 17.8 Å². The van der Waals surface area contributed by atoms with E-state index in [4.69, 9.17) is 0 Å². The van der Waals surface area contributed by atoms with Crippen molar-refractivity contribution in [1.82, 2.24) is 5.22 Å². The highest BCUT2D eigenvalue weighted by Crippen LogP contribution is 2.32. The molecule has 1 N–H and O–H groups in total. The summed E-state index contributed by atoms with van der Waals surface area (Å²) in [7, 11) is 0. The topological polar surface area (TPSA) is 38.5 Å². The van der Waals surface area contributed by atoms with Gasteiger partial charge in [0.15, 0.2) is 5.69 Å². The lowest BCUT2D eigenvalue weighted by molar-refractivity contribution is 0.795. The number of hydrogen-bond acceptors (Lipinski definition) is 3. The second kappa shape index (κ2) is 3.56. The molecule has 1 radical (unpaired) electrons. The van der Waals surface area contributed by atoms with E-state index in [0.29, 0.717) is 0 Å². The Labute approximate surface area is 77.9 Å². The summed E-state index contributed by atoms with van der Waals surface area (Å²) in [6, 6.07) is 6.18. The highest BCUT2D eigenvalue weighted by molar-refractivity contribution is 5.70. The van der Waals surface area contributed by atoms with E-state index >= 15 is 0 Å². The molecular formula is C10H13N3+. The van der Waals surface area contributed by atoms with Gasteiger partial charge in [-0.1, -0.05) is 30.9 Å². The lowest BCUT2D eigenvalue weighted by atomic mass is 10.1. The quantitative estimate of drug-likeness (QED) is 0.753. The van der Waals surface area contributed by atoms with E-state index in [9.17, 15) is 0 Å². The smallest absolute Gasteiger partial charge is 0.0687 e. The molecule has 0 fully saturated rings. The van der Waals surface area contributed by atoms with E-state index in [1.54, 1.807) is 0 Å². The second-order valence-corrected chi connectivity index (χ2v) is 3.23. The van der Waals surface area contributed by atoms with Gasteiger partial charge in [-0.15, -0.1) is 0 Å². The number of benzene rings is 1. The van der Waals surface area contributed by atoms with Gasteiger partial charge in [0, 0.05) is 0 Å². The summed E-state index contributed by atoms with van der Waals surface area (Å²) >= 11 is 0. The molecular weight excluding hydrogens is 162 g/mol. The zero-order valence-electron chi connectivity index (χ0n) is 7.75. The SMILES string of the molecule is CCCCc1cccc2c1N=[N+]N2. The second-order valence-electron chi connectivity index (χ2n) is 3.23. The van der Waals surface area contributed by atoms with Crippen molar-refractivity contribution >= 4 is 11.4 Å². The van der Waals surface area contributed by atoms with E-state index in [1.165, 1.54) is 18.4 Å². The van der Waals surface area contributed by atoms with Crippen LogP contribution in [0.2, 0.25) is 0 Å². The van der Waals surface area contributed by atoms with Crippen LogP contribution in [-0.4, -0.2) is 0 Å². The number of unbranched alkanes of at least 4 members (excludes halogenated alkanes) is 1. The minimum absolute atomic E-state index is 1.02. The first kappa shape index (κ1) is 8.23. The van der Waals surface area contributed by atoms with Crippen LogP contribution >= 0.6 is 0 Å². The van der Waals surface area contributed by atoms with Crippen LogP contribution in [0.1, 0.15) is 25.3 Å². The maximum Gasteiger partial charge on any atom is 0.331 e. The molecule has 0 aromatic heterocycles. The molecule has 67 valence electrons. The van der Waals surface area contributed by atoms with Crippen LogP contribution in [0.3, 0.4) is 0 Å². The largest absolute Gasteiger partial charge is 0.331 e. The van der Waals surface area contributed by atoms with Gasteiger partial charge in [-0.3, -0.25) is 0 Å². The molecule has 1 aliphatic rings. The van der Waals surface area contributed by atoms with Crippen molar-refractivity contribution in [3.05, 3.63) is 23.8 Å². The predicted molar refractivity (Wildman–Crippen MR) is 52.9 cm³/mol. The minimum atomic E-state index is 1.02. The van der Waals surface area contributed by atoms with Crippen molar-refractivity contribution in [2.24, 2.45) is 5.11 Å². The normalized spacial score (nSPS) is 12.7. The number of aryl methyl sites for hydroxylation is 1. The van der Waals surface area contributed by atoms with E-state index in [-0.39, 0.29) is 0 Å². The molecule has 3 nitrogen and oxygen atoms in total. The van der Waals surface area contributed by atoms with Gasteiger partial charge in [0.2, 0.25) is 0 Å². The number of rotatable bonds is 3. The Morgan fingerprint density at radius 1 is 1.46 bits per heavy atom. The van der Waals surface area contributed by atoms with E-state index < -0.39 is 0 Å². The average molecular weight is 175 g/mol. The summed E-state index contributed by atoms with van der Waals surface area (Å²) in [4.78, 5) is 0. The van der Waals surface area contributed by atoms with Crippen LogP contribution in [0.5, 0.6) is 0 Å². The first-order chi connectivity index (χ1) is 6.42. The Kier molecular flexibility index (Phi) is 2.25. The van der Waals surface area contributed by atoms with Crippen molar-refractivity contribution in [1.29, 1.82) is 0 Å². The fourth-order valence-electron chi connectivity index (χ4n) is 1.50. The van der Waals surface area contributed by atoms with Crippen LogP contribution < -0.4 is 10.6 Å². The summed E-state index contributed by atoms with van der Waals surface area (Å²) in [6.45, 7) is 2.20. The number of nitrogens with one attached hydrogen (secondary N) is 1. The molecule has 0 saturated heterocycles. The zero-order valence-corrected chi connectivity index (χ0v) is 7.75. The maximum atomic E-state index is 4.07. The summed E-state index contributed by atoms with van der Waals surface area (Å²) < 4.78 is 0. The van der Waals surface area contributed by atoms with Gasteiger partial charge in [0.1, 0.15) is 10.8 Å². The third-order valence-corrected chi connectivity index (χ3v) is 2.24. The zero-order chi connectivity index (χ0) is 9.10. The molecule has 3 heteroatoms. The molecule has 1 aromatic rings. The van der Waals surface area contributed by atoms with Gasteiger partial charge in [-0.05, 0) is 24.5 Å². The third kappa shape index (κ3) is 1.54. The molecule has 0 spiro atoms. The Morgan fingerprint density at radius 3 is 3.23 bits per heavy atom. The summed E-state index contributed by atoms with van der Waals surface area (Å²) in [5.74, 6) is 0. The van der Waals surface area contributed by atoms with Crippen molar-refractivity contribution in [3.63, 3.8) is 0 Å². The standard InChI is InChI=1S/C10H13N3/c1-2-3-5-8-6-4-7-9-10(8)12-13-11-9/h4,6-7H,2-3,5H2,1H3,(H,11,12)/q+1. The first-order valence-corrected chi connectivity index (χ1v) is 4.70. The van der Waals surface area contributed by atoms with Gasteiger partial charge >= 0.3 is 5.22 Å². The lowest BCUT2D eigenvalue weighted by Crippen LogP contribution is -1.91. The van der Waals surface area contributed by atoms with E-state index in [2.05, 4.69) is 28.8 Å². The Balaban J connectivity index is 2.25. The van der Waals surface area contributed by atoms with Crippen LogP contribution in [0.15, 0.2) is 23.3 Å². The van der Waals surface area contributed by atoms with Gasteiger partial charge in [-0.2, -0.15) is 0 Å². The fourth-order valence-corrected chi connectivity index (χ4v) is 1.50. The number of fused-ring (bicyclic) bond motifs is 1. The van der Waals surface area contributed by atoms with Crippen LogP contribution in [-0.2, 0) is 6.42 Å². The number of anilines is 1. The molecule has 2 rings (SSSR count).